The van der Waals surface area contributed by atoms with Gasteiger partial charge >= 0.3 is 5.97 Å². The zero-order valence-corrected chi connectivity index (χ0v) is 13.8. The molecule has 1 atom stereocenters. The lowest BCUT2D eigenvalue weighted by Gasteiger charge is -2.12. The molecule has 6 nitrogen and oxygen atoms in total. The van der Waals surface area contributed by atoms with Crippen molar-refractivity contribution in [2.24, 2.45) is 5.92 Å². The van der Waals surface area contributed by atoms with Crippen LogP contribution in [0, 0.1) is 5.92 Å². The van der Waals surface area contributed by atoms with Crippen LogP contribution >= 0.6 is 23.2 Å². The molecule has 0 fully saturated rings. The maximum Gasteiger partial charge on any atom is 0.325 e. The van der Waals surface area contributed by atoms with E-state index in [0.717, 1.165) is 5.56 Å². The minimum atomic E-state index is -1.00. The van der Waals surface area contributed by atoms with E-state index in [0.29, 0.717) is 22.3 Å². The molecule has 2 aromatic rings. The van der Waals surface area contributed by atoms with Gasteiger partial charge in [0, 0.05) is 28.2 Å². The van der Waals surface area contributed by atoms with E-state index in [4.69, 9.17) is 28.3 Å². The SMILES string of the molecule is CC(Cc1ccc(Cl)cc1Cl)C(=O)Nc1ccn(CC(=O)O)n1. The first-order valence-corrected chi connectivity index (χ1v) is 7.61. The molecule has 0 saturated carbocycles. The third-order valence-corrected chi connectivity index (χ3v) is 3.76. The second-order valence-corrected chi connectivity index (χ2v) is 5.97. The molecule has 8 heteroatoms. The highest BCUT2D eigenvalue weighted by Crippen LogP contribution is 2.23. The quantitative estimate of drug-likeness (QED) is 0.833. The summed E-state index contributed by atoms with van der Waals surface area (Å²) in [5.74, 6) is -1.25. The van der Waals surface area contributed by atoms with Gasteiger partial charge in [-0.05, 0) is 24.1 Å². The van der Waals surface area contributed by atoms with E-state index >= 15 is 0 Å². The number of amides is 1. The molecular formula is C15H15Cl2N3O3. The van der Waals surface area contributed by atoms with Gasteiger partial charge in [0.15, 0.2) is 5.82 Å². The molecule has 0 aliphatic rings. The summed E-state index contributed by atoms with van der Waals surface area (Å²) < 4.78 is 1.23. The van der Waals surface area contributed by atoms with Crippen LogP contribution in [0.15, 0.2) is 30.5 Å². The van der Waals surface area contributed by atoms with Crippen molar-refractivity contribution < 1.29 is 14.7 Å². The number of aliphatic carboxylic acids is 1. The molecule has 122 valence electrons. The summed E-state index contributed by atoms with van der Waals surface area (Å²) in [5, 5.41) is 16.4. The van der Waals surface area contributed by atoms with Gasteiger partial charge in [-0.2, -0.15) is 5.10 Å². The van der Waals surface area contributed by atoms with E-state index in [-0.39, 0.29) is 18.4 Å². The Hall–Kier alpha value is -2.05. The van der Waals surface area contributed by atoms with Crippen molar-refractivity contribution in [1.82, 2.24) is 9.78 Å². The Morgan fingerprint density at radius 3 is 2.74 bits per heavy atom. The van der Waals surface area contributed by atoms with E-state index in [1.165, 1.54) is 10.9 Å². The van der Waals surface area contributed by atoms with Crippen LogP contribution in [0.4, 0.5) is 5.82 Å². The highest BCUT2D eigenvalue weighted by molar-refractivity contribution is 6.35. The number of carbonyl (C=O) groups is 2. The number of benzene rings is 1. The Labute approximate surface area is 143 Å². The Bertz CT molecular complexity index is 731. The molecule has 1 heterocycles. The molecular weight excluding hydrogens is 341 g/mol. The molecule has 0 saturated heterocycles. The van der Waals surface area contributed by atoms with Gasteiger partial charge in [0.1, 0.15) is 6.54 Å². The maximum absolute atomic E-state index is 12.2. The topological polar surface area (TPSA) is 84.2 Å². The second kappa shape index (κ2) is 7.48. The normalized spacial score (nSPS) is 12.0. The van der Waals surface area contributed by atoms with Crippen molar-refractivity contribution in [3.05, 3.63) is 46.1 Å². The van der Waals surface area contributed by atoms with E-state index in [9.17, 15) is 9.59 Å². The van der Waals surface area contributed by atoms with Crippen LogP contribution in [0.25, 0.3) is 0 Å². The van der Waals surface area contributed by atoms with Gasteiger partial charge in [-0.3, -0.25) is 14.3 Å². The Morgan fingerprint density at radius 2 is 2.09 bits per heavy atom. The number of rotatable bonds is 6. The van der Waals surface area contributed by atoms with Gasteiger partial charge in [0.05, 0.1) is 0 Å². The van der Waals surface area contributed by atoms with E-state index in [2.05, 4.69) is 10.4 Å². The molecule has 2 rings (SSSR count). The van der Waals surface area contributed by atoms with Crippen LogP contribution < -0.4 is 5.32 Å². The summed E-state index contributed by atoms with van der Waals surface area (Å²) in [5.41, 5.74) is 0.829. The lowest BCUT2D eigenvalue weighted by atomic mass is 10.0. The third kappa shape index (κ3) is 4.97. The zero-order chi connectivity index (χ0) is 17.0. The van der Waals surface area contributed by atoms with Gasteiger partial charge in [-0.25, -0.2) is 0 Å². The van der Waals surface area contributed by atoms with Crippen molar-refractivity contribution in [2.45, 2.75) is 19.9 Å². The third-order valence-electron chi connectivity index (χ3n) is 3.18. The van der Waals surface area contributed by atoms with Gasteiger partial charge in [0.25, 0.3) is 0 Å². The molecule has 0 radical (unpaired) electrons. The fourth-order valence-electron chi connectivity index (χ4n) is 2.01. The molecule has 1 amide bonds. The lowest BCUT2D eigenvalue weighted by Crippen LogP contribution is -2.22. The van der Waals surface area contributed by atoms with E-state index in [1.54, 1.807) is 31.2 Å². The number of nitrogens with one attached hydrogen (secondary N) is 1. The van der Waals surface area contributed by atoms with Crippen molar-refractivity contribution >= 4 is 40.9 Å². The average molecular weight is 356 g/mol. The number of carboxylic acid groups (broad SMARTS) is 1. The monoisotopic (exact) mass is 355 g/mol. The Morgan fingerprint density at radius 1 is 1.35 bits per heavy atom. The first-order chi connectivity index (χ1) is 10.8. The zero-order valence-electron chi connectivity index (χ0n) is 12.3. The van der Waals surface area contributed by atoms with Crippen molar-refractivity contribution in [1.29, 1.82) is 0 Å². The predicted molar refractivity (Wildman–Crippen MR) is 87.8 cm³/mol. The summed E-state index contributed by atoms with van der Waals surface area (Å²) in [6.45, 7) is 1.51. The van der Waals surface area contributed by atoms with Crippen LogP contribution in [0.5, 0.6) is 0 Å². The van der Waals surface area contributed by atoms with Crippen LogP contribution in [0.2, 0.25) is 10.0 Å². The fraction of sp³-hybridized carbons (Fsp3) is 0.267. The predicted octanol–water partition coefficient (Wildman–Crippen LogP) is 3.09. The summed E-state index contributed by atoms with van der Waals surface area (Å²) in [4.78, 5) is 22.8. The van der Waals surface area contributed by atoms with Crippen molar-refractivity contribution in [3.8, 4) is 0 Å². The summed E-state index contributed by atoms with van der Waals surface area (Å²) >= 11 is 11.9. The number of aromatic nitrogens is 2. The number of nitrogens with zero attached hydrogens (tertiary/aromatic N) is 2. The van der Waals surface area contributed by atoms with Crippen molar-refractivity contribution in [2.75, 3.05) is 5.32 Å². The highest BCUT2D eigenvalue weighted by Gasteiger charge is 2.16. The smallest absolute Gasteiger partial charge is 0.325 e. The minimum absolute atomic E-state index is 0.225. The summed E-state index contributed by atoms with van der Waals surface area (Å²) in [6, 6.07) is 6.69. The molecule has 0 spiro atoms. The first-order valence-electron chi connectivity index (χ1n) is 6.85. The first kappa shape index (κ1) is 17.3. The van der Waals surface area contributed by atoms with Gasteiger partial charge in [-0.15, -0.1) is 0 Å². The van der Waals surface area contributed by atoms with Gasteiger partial charge < -0.3 is 10.4 Å². The number of hydrogen-bond donors (Lipinski definition) is 2. The number of carboxylic acids is 1. The molecule has 1 unspecified atom stereocenters. The van der Waals surface area contributed by atoms with Crippen LogP contribution in [0.1, 0.15) is 12.5 Å². The molecule has 2 N–H and O–H groups in total. The van der Waals surface area contributed by atoms with Gasteiger partial charge in [-0.1, -0.05) is 36.2 Å². The van der Waals surface area contributed by atoms with E-state index in [1.807, 2.05) is 0 Å². The second-order valence-electron chi connectivity index (χ2n) is 5.12. The molecule has 1 aromatic heterocycles. The van der Waals surface area contributed by atoms with Gasteiger partial charge in [0.2, 0.25) is 5.91 Å². The van der Waals surface area contributed by atoms with Crippen molar-refractivity contribution in [3.63, 3.8) is 0 Å². The summed E-state index contributed by atoms with van der Waals surface area (Å²) in [7, 11) is 0. The lowest BCUT2D eigenvalue weighted by molar-refractivity contribution is -0.137. The van der Waals surface area contributed by atoms with Crippen LogP contribution in [-0.2, 0) is 22.6 Å². The van der Waals surface area contributed by atoms with E-state index < -0.39 is 5.97 Å². The number of hydrogen-bond acceptors (Lipinski definition) is 3. The number of halogens is 2. The summed E-state index contributed by atoms with van der Waals surface area (Å²) in [6.07, 6.45) is 1.95. The Balaban J connectivity index is 1.97. The molecule has 23 heavy (non-hydrogen) atoms. The number of carbonyl (C=O) groups excluding carboxylic acids is 1. The van der Waals surface area contributed by atoms with Crippen LogP contribution in [-0.4, -0.2) is 26.8 Å². The highest BCUT2D eigenvalue weighted by atomic mass is 35.5. The minimum Gasteiger partial charge on any atom is -0.480 e. The maximum atomic E-state index is 12.2. The standard InChI is InChI=1S/C15H15Cl2N3O3/c1-9(6-10-2-3-11(16)7-12(10)17)15(23)18-13-4-5-20(19-13)8-14(21)22/h2-5,7,9H,6,8H2,1H3,(H,21,22)(H,18,19,23). The molecule has 1 aromatic carbocycles. The largest absolute Gasteiger partial charge is 0.480 e. The average Bonchev–Trinajstić information content (AvgIpc) is 2.88. The fourth-order valence-corrected chi connectivity index (χ4v) is 2.50. The molecule has 0 aliphatic carbocycles. The number of anilines is 1. The molecule has 0 aliphatic heterocycles. The Kier molecular flexibility index (Phi) is 5.63. The molecule has 0 bridgehead atoms. The van der Waals surface area contributed by atoms with Crippen LogP contribution in [0.3, 0.4) is 0 Å².